The Balaban J connectivity index is 1.78. The number of halogens is 1. The third kappa shape index (κ3) is 2.69. The normalized spacial score (nSPS) is 15.2. The number of hydrogen-bond donors (Lipinski definition) is 1. The van der Waals surface area contributed by atoms with Crippen LogP contribution in [0.3, 0.4) is 0 Å². The molecule has 0 radical (unpaired) electrons. The standard InChI is InChI=1S/C13H13FN4S/c14-11-6-15-3-1-9(11)7-18-4-2-12-10(8-18)5-16-13(19)17-12/h1,3,5-6H,2,4,7-8H2,(H,16,17,19). The molecule has 0 aromatic carbocycles. The van der Waals surface area contributed by atoms with Crippen LogP contribution in [0.15, 0.2) is 24.7 Å². The van der Waals surface area contributed by atoms with Gasteiger partial charge < -0.3 is 4.98 Å². The van der Waals surface area contributed by atoms with Crippen LogP contribution in [0.5, 0.6) is 0 Å². The molecule has 1 N–H and O–H groups in total. The van der Waals surface area contributed by atoms with Gasteiger partial charge in [0.05, 0.1) is 6.20 Å². The molecule has 0 aliphatic carbocycles. The number of nitrogens with one attached hydrogen (secondary N) is 1. The van der Waals surface area contributed by atoms with E-state index in [-0.39, 0.29) is 5.82 Å². The first-order chi connectivity index (χ1) is 9.22. The topological polar surface area (TPSA) is 44.8 Å². The Morgan fingerprint density at radius 1 is 1.42 bits per heavy atom. The highest BCUT2D eigenvalue weighted by Gasteiger charge is 2.18. The Morgan fingerprint density at radius 3 is 3.16 bits per heavy atom. The fourth-order valence-electron chi connectivity index (χ4n) is 2.31. The van der Waals surface area contributed by atoms with Gasteiger partial charge in [0.15, 0.2) is 4.77 Å². The zero-order chi connectivity index (χ0) is 13.2. The Labute approximate surface area is 115 Å². The molecule has 0 fully saturated rings. The average Bonchev–Trinajstić information content (AvgIpc) is 2.41. The number of aromatic amines is 1. The van der Waals surface area contributed by atoms with Crippen molar-refractivity contribution in [2.45, 2.75) is 19.5 Å². The lowest BCUT2D eigenvalue weighted by Gasteiger charge is -2.28. The fourth-order valence-corrected chi connectivity index (χ4v) is 2.49. The van der Waals surface area contributed by atoms with E-state index < -0.39 is 0 Å². The molecule has 1 aliphatic rings. The van der Waals surface area contributed by atoms with Gasteiger partial charge in [0.25, 0.3) is 0 Å². The van der Waals surface area contributed by atoms with Gasteiger partial charge in [-0.3, -0.25) is 9.88 Å². The molecule has 0 bridgehead atoms. The molecule has 0 saturated carbocycles. The lowest BCUT2D eigenvalue weighted by Crippen LogP contribution is -2.31. The Hall–Kier alpha value is -1.66. The summed E-state index contributed by atoms with van der Waals surface area (Å²) in [5, 5.41) is 0. The maximum Gasteiger partial charge on any atom is 0.196 e. The summed E-state index contributed by atoms with van der Waals surface area (Å²) in [5.41, 5.74) is 2.95. The third-order valence-electron chi connectivity index (χ3n) is 3.31. The molecule has 2 aromatic rings. The Kier molecular flexibility index (Phi) is 3.35. The van der Waals surface area contributed by atoms with Crippen LogP contribution in [-0.4, -0.2) is 26.4 Å². The molecule has 0 saturated heterocycles. The van der Waals surface area contributed by atoms with E-state index in [1.165, 1.54) is 6.20 Å². The summed E-state index contributed by atoms with van der Waals surface area (Å²) < 4.78 is 14.1. The van der Waals surface area contributed by atoms with Crippen LogP contribution in [0.4, 0.5) is 4.39 Å². The van der Waals surface area contributed by atoms with Crippen molar-refractivity contribution in [1.29, 1.82) is 0 Å². The Bertz CT molecular complexity index is 655. The van der Waals surface area contributed by atoms with E-state index in [4.69, 9.17) is 12.2 Å². The van der Waals surface area contributed by atoms with E-state index in [0.29, 0.717) is 16.9 Å². The van der Waals surface area contributed by atoms with E-state index in [1.54, 1.807) is 12.3 Å². The zero-order valence-corrected chi connectivity index (χ0v) is 11.1. The first-order valence-corrected chi connectivity index (χ1v) is 6.51. The molecule has 2 aromatic heterocycles. The monoisotopic (exact) mass is 276 g/mol. The summed E-state index contributed by atoms with van der Waals surface area (Å²) in [5.74, 6) is -0.251. The maximum absolute atomic E-state index is 13.6. The quantitative estimate of drug-likeness (QED) is 0.854. The van der Waals surface area contributed by atoms with Gasteiger partial charge in [-0.15, -0.1) is 0 Å². The average molecular weight is 276 g/mol. The van der Waals surface area contributed by atoms with Gasteiger partial charge in [0.2, 0.25) is 0 Å². The van der Waals surface area contributed by atoms with Gasteiger partial charge in [-0.1, -0.05) is 0 Å². The lowest BCUT2D eigenvalue weighted by molar-refractivity contribution is 0.239. The smallest absolute Gasteiger partial charge is 0.196 e. The van der Waals surface area contributed by atoms with Gasteiger partial charge >= 0.3 is 0 Å². The van der Waals surface area contributed by atoms with Crippen LogP contribution in [0, 0.1) is 10.6 Å². The van der Waals surface area contributed by atoms with Crippen LogP contribution in [-0.2, 0) is 19.5 Å². The van der Waals surface area contributed by atoms with Crippen molar-refractivity contribution in [2.75, 3.05) is 6.54 Å². The number of aromatic nitrogens is 3. The molecule has 98 valence electrons. The van der Waals surface area contributed by atoms with Crippen LogP contribution in [0.1, 0.15) is 16.8 Å². The van der Waals surface area contributed by atoms with E-state index >= 15 is 0 Å². The van der Waals surface area contributed by atoms with Crippen molar-refractivity contribution >= 4 is 12.2 Å². The molecular weight excluding hydrogens is 263 g/mol. The van der Waals surface area contributed by atoms with Crippen molar-refractivity contribution in [2.24, 2.45) is 0 Å². The third-order valence-corrected chi connectivity index (χ3v) is 3.51. The second-order valence-electron chi connectivity index (χ2n) is 4.62. The van der Waals surface area contributed by atoms with E-state index in [1.807, 2.05) is 6.20 Å². The van der Waals surface area contributed by atoms with Crippen LogP contribution < -0.4 is 0 Å². The minimum Gasteiger partial charge on any atom is -0.334 e. The molecule has 0 amide bonds. The minimum absolute atomic E-state index is 0.251. The lowest BCUT2D eigenvalue weighted by atomic mass is 10.1. The summed E-state index contributed by atoms with van der Waals surface area (Å²) in [6.07, 6.45) is 5.57. The largest absolute Gasteiger partial charge is 0.334 e. The molecule has 0 unspecified atom stereocenters. The van der Waals surface area contributed by atoms with Crippen molar-refractivity contribution in [3.8, 4) is 0 Å². The molecule has 1 aliphatic heterocycles. The summed E-state index contributed by atoms with van der Waals surface area (Å²) in [6, 6.07) is 1.72. The van der Waals surface area contributed by atoms with Gasteiger partial charge in [0.1, 0.15) is 5.82 Å². The number of pyridine rings is 1. The highest BCUT2D eigenvalue weighted by atomic mass is 32.1. The van der Waals surface area contributed by atoms with Gasteiger partial charge in [-0.05, 0) is 18.3 Å². The maximum atomic E-state index is 13.6. The molecule has 3 rings (SSSR count). The summed E-state index contributed by atoms with van der Waals surface area (Å²) in [7, 11) is 0. The predicted molar refractivity (Wildman–Crippen MR) is 71.4 cm³/mol. The first kappa shape index (κ1) is 12.4. The summed E-state index contributed by atoms with van der Waals surface area (Å²) in [6.45, 7) is 2.23. The molecule has 0 spiro atoms. The van der Waals surface area contributed by atoms with Crippen molar-refractivity contribution in [3.63, 3.8) is 0 Å². The van der Waals surface area contributed by atoms with Crippen LogP contribution in [0.2, 0.25) is 0 Å². The summed E-state index contributed by atoms with van der Waals surface area (Å²) >= 11 is 5.01. The van der Waals surface area contributed by atoms with Crippen molar-refractivity contribution in [1.82, 2.24) is 19.9 Å². The van der Waals surface area contributed by atoms with E-state index in [2.05, 4.69) is 19.9 Å². The van der Waals surface area contributed by atoms with Crippen LogP contribution in [0.25, 0.3) is 0 Å². The van der Waals surface area contributed by atoms with Gasteiger partial charge in [-0.2, -0.15) is 0 Å². The second kappa shape index (κ2) is 5.14. The van der Waals surface area contributed by atoms with Crippen molar-refractivity contribution in [3.05, 3.63) is 52.1 Å². The fraction of sp³-hybridized carbons (Fsp3) is 0.308. The first-order valence-electron chi connectivity index (χ1n) is 6.10. The van der Waals surface area contributed by atoms with Crippen molar-refractivity contribution < 1.29 is 4.39 Å². The second-order valence-corrected chi connectivity index (χ2v) is 5.01. The molecule has 0 atom stereocenters. The van der Waals surface area contributed by atoms with Gasteiger partial charge in [0, 0.05) is 55.3 Å². The number of hydrogen-bond acceptors (Lipinski definition) is 4. The number of fused-ring (bicyclic) bond motifs is 1. The SMILES string of the molecule is Fc1cnccc1CN1CCc2[nH]c(=S)ncc2C1. The molecule has 19 heavy (non-hydrogen) atoms. The highest BCUT2D eigenvalue weighted by Crippen LogP contribution is 2.18. The van der Waals surface area contributed by atoms with E-state index in [0.717, 1.165) is 30.8 Å². The minimum atomic E-state index is -0.251. The molecule has 6 heteroatoms. The number of H-pyrrole nitrogens is 1. The molecule has 4 nitrogen and oxygen atoms in total. The molecule has 3 heterocycles. The predicted octanol–water partition coefficient (Wildman–Crippen LogP) is 2.23. The van der Waals surface area contributed by atoms with Crippen LogP contribution >= 0.6 is 12.2 Å². The number of rotatable bonds is 2. The molecular formula is C13H13FN4S. The summed E-state index contributed by atoms with van der Waals surface area (Å²) in [4.78, 5) is 13.2. The highest BCUT2D eigenvalue weighted by molar-refractivity contribution is 7.71. The van der Waals surface area contributed by atoms with E-state index in [9.17, 15) is 4.39 Å². The zero-order valence-electron chi connectivity index (χ0n) is 10.3. The van der Waals surface area contributed by atoms with Gasteiger partial charge in [-0.25, -0.2) is 9.37 Å². The number of nitrogens with zero attached hydrogens (tertiary/aromatic N) is 3. The Morgan fingerprint density at radius 2 is 2.32 bits per heavy atom.